The molecule has 0 radical (unpaired) electrons. The van der Waals surface area contributed by atoms with Crippen molar-refractivity contribution in [1.82, 2.24) is 0 Å². The third-order valence-corrected chi connectivity index (χ3v) is 3.79. The summed E-state index contributed by atoms with van der Waals surface area (Å²) in [5.74, 6) is -3.59. The van der Waals surface area contributed by atoms with Gasteiger partial charge >= 0.3 is 0 Å². The number of rotatable bonds is 4. The third-order valence-electron chi connectivity index (χ3n) is 3.48. The van der Waals surface area contributed by atoms with Crippen molar-refractivity contribution in [2.45, 2.75) is 12.8 Å². The minimum Gasteiger partial charge on any atom is -0.550 e. The highest BCUT2D eigenvalue weighted by Crippen LogP contribution is 2.32. The number of non-ortho nitro benzene ring substituents is 1. The molecule has 8 heteroatoms. The zero-order valence-electron chi connectivity index (χ0n) is 11.3. The van der Waals surface area contributed by atoms with Gasteiger partial charge in [-0.2, -0.15) is 0 Å². The van der Waals surface area contributed by atoms with Gasteiger partial charge in [0.05, 0.1) is 10.8 Å². The molecule has 0 bridgehead atoms. The van der Waals surface area contributed by atoms with Crippen LogP contribution in [0.4, 0.5) is 11.4 Å². The highest BCUT2D eigenvalue weighted by molar-refractivity contribution is 6.29. The third kappa shape index (κ3) is 3.62. The van der Waals surface area contributed by atoms with E-state index in [1.807, 2.05) is 0 Å². The van der Waals surface area contributed by atoms with E-state index in [0.29, 0.717) is 10.7 Å². The molecule has 0 unspecified atom stereocenters. The number of benzene rings is 1. The second-order valence-electron chi connectivity index (χ2n) is 4.92. The van der Waals surface area contributed by atoms with Gasteiger partial charge in [-0.1, -0.05) is 17.7 Å². The van der Waals surface area contributed by atoms with Crippen LogP contribution in [0.15, 0.2) is 35.4 Å². The number of nitrogens with zero attached hydrogens (tertiary/aromatic N) is 1. The van der Waals surface area contributed by atoms with Crippen LogP contribution in [-0.4, -0.2) is 16.8 Å². The van der Waals surface area contributed by atoms with Gasteiger partial charge in [-0.25, -0.2) is 0 Å². The molecule has 0 saturated carbocycles. The van der Waals surface area contributed by atoms with Crippen molar-refractivity contribution in [3.8, 4) is 0 Å². The summed E-state index contributed by atoms with van der Waals surface area (Å²) in [6, 6.07) is 5.26. The Bertz CT molecular complexity index is 641. The number of nitrogens with one attached hydrogen (secondary N) is 1. The predicted octanol–water partition coefficient (Wildman–Crippen LogP) is 1.43. The van der Waals surface area contributed by atoms with Crippen molar-refractivity contribution in [2.75, 3.05) is 5.32 Å². The van der Waals surface area contributed by atoms with Gasteiger partial charge in [0.25, 0.3) is 5.69 Å². The summed E-state index contributed by atoms with van der Waals surface area (Å²) < 4.78 is 0. The summed E-state index contributed by atoms with van der Waals surface area (Å²) >= 11 is 5.88. The molecule has 0 spiro atoms. The summed E-state index contributed by atoms with van der Waals surface area (Å²) in [6.45, 7) is 0. The van der Waals surface area contributed by atoms with Crippen molar-refractivity contribution < 1.29 is 19.6 Å². The molecular formula is C14H12ClN2O5-. The van der Waals surface area contributed by atoms with Crippen LogP contribution in [0.25, 0.3) is 0 Å². The second-order valence-corrected chi connectivity index (χ2v) is 5.40. The highest BCUT2D eigenvalue weighted by atomic mass is 35.5. The molecule has 1 aliphatic rings. The molecule has 1 aromatic carbocycles. The van der Waals surface area contributed by atoms with Gasteiger partial charge in [0.2, 0.25) is 5.91 Å². The molecule has 1 amide bonds. The predicted molar refractivity (Wildman–Crippen MR) is 76.9 cm³/mol. The maximum Gasteiger partial charge on any atom is 0.269 e. The SMILES string of the molecule is O=C([O-])[C@H]1CC=C(Cl)C[C@@H]1C(=O)Nc1ccc([N+](=O)[O-])cc1. The van der Waals surface area contributed by atoms with Crippen LogP contribution >= 0.6 is 11.6 Å². The molecule has 2 atom stereocenters. The van der Waals surface area contributed by atoms with Gasteiger partial charge in [0, 0.05) is 34.7 Å². The topological polar surface area (TPSA) is 112 Å². The fourth-order valence-electron chi connectivity index (χ4n) is 2.29. The largest absolute Gasteiger partial charge is 0.550 e. The number of carboxylic acids is 1. The van der Waals surface area contributed by atoms with Gasteiger partial charge in [-0.3, -0.25) is 14.9 Å². The number of hydrogen-bond acceptors (Lipinski definition) is 5. The quantitative estimate of drug-likeness (QED) is 0.665. The van der Waals surface area contributed by atoms with E-state index in [1.165, 1.54) is 24.3 Å². The van der Waals surface area contributed by atoms with E-state index in [2.05, 4.69) is 5.32 Å². The number of carbonyl (C=O) groups is 2. The van der Waals surface area contributed by atoms with E-state index in [9.17, 15) is 24.8 Å². The summed E-state index contributed by atoms with van der Waals surface area (Å²) in [6.07, 6.45) is 1.83. The van der Waals surface area contributed by atoms with Gasteiger partial charge in [-0.05, 0) is 25.0 Å². The van der Waals surface area contributed by atoms with Crippen LogP contribution < -0.4 is 10.4 Å². The molecule has 7 nitrogen and oxygen atoms in total. The van der Waals surface area contributed by atoms with Crippen molar-refractivity contribution in [2.24, 2.45) is 11.8 Å². The van der Waals surface area contributed by atoms with Crippen LogP contribution in [0.1, 0.15) is 12.8 Å². The first-order valence-corrected chi connectivity index (χ1v) is 6.87. The van der Waals surface area contributed by atoms with E-state index in [0.717, 1.165) is 0 Å². The Morgan fingerprint density at radius 1 is 1.23 bits per heavy atom. The summed E-state index contributed by atoms with van der Waals surface area (Å²) in [7, 11) is 0. The number of nitro groups is 1. The van der Waals surface area contributed by atoms with Crippen LogP contribution in [-0.2, 0) is 9.59 Å². The van der Waals surface area contributed by atoms with E-state index in [1.54, 1.807) is 6.08 Å². The lowest BCUT2D eigenvalue weighted by Crippen LogP contribution is -2.42. The Morgan fingerprint density at radius 2 is 1.86 bits per heavy atom. The van der Waals surface area contributed by atoms with Crippen molar-refractivity contribution >= 4 is 34.9 Å². The number of hydrogen-bond donors (Lipinski definition) is 1. The normalized spacial score (nSPS) is 20.9. The second kappa shape index (κ2) is 6.57. The van der Waals surface area contributed by atoms with Crippen LogP contribution in [0.3, 0.4) is 0 Å². The minimum atomic E-state index is -1.30. The number of nitro benzene ring substituents is 1. The molecule has 0 heterocycles. The first-order chi connectivity index (χ1) is 10.4. The standard InChI is InChI=1S/C14H13ClN2O5/c15-8-1-6-11(14(19)20)12(7-8)13(18)16-9-2-4-10(5-3-9)17(21)22/h1-5,11-12H,6-7H2,(H,16,18)(H,19,20)/p-1/t11-,12-/m0/s1. The highest BCUT2D eigenvalue weighted by Gasteiger charge is 2.32. The van der Waals surface area contributed by atoms with E-state index < -0.39 is 28.6 Å². The Balaban J connectivity index is 2.11. The monoisotopic (exact) mass is 323 g/mol. The molecule has 22 heavy (non-hydrogen) atoms. The average Bonchev–Trinajstić information content (AvgIpc) is 2.47. The van der Waals surface area contributed by atoms with Gasteiger partial charge in [0.1, 0.15) is 0 Å². The number of anilines is 1. The van der Waals surface area contributed by atoms with Crippen molar-refractivity contribution in [3.05, 3.63) is 45.5 Å². The molecule has 1 N–H and O–H groups in total. The molecule has 1 aromatic rings. The summed E-state index contributed by atoms with van der Waals surface area (Å²) in [5, 5.41) is 24.6. The Morgan fingerprint density at radius 3 is 2.41 bits per heavy atom. The van der Waals surface area contributed by atoms with Gasteiger partial charge in [0.15, 0.2) is 0 Å². The van der Waals surface area contributed by atoms with E-state index >= 15 is 0 Å². The molecular weight excluding hydrogens is 312 g/mol. The summed E-state index contributed by atoms with van der Waals surface area (Å²) in [4.78, 5) is 33.3. The van der Waals surface area contributed by atoms with Crippen molar-refractivity contribution in [3.63, 3.8) is 0 Å². The molecule has 0 aliphatic heterocycles. The molecule has 1 aliphatic carbocycles. The lowest BCUT2D eigenvalue weighted by atomic mass is 9.82. The summed E-state index contributed by atoms with van der Waals surface area (Å²) in [5.41, 5.74) is 0.243. The maximum absolute atomic E-state index is 12.2. The van der Waals surface area contributed by atoms with E-state index in [4.69, 9.17) is 11.6 Å². The van der Waals surface area contributed by atoms with Crippen molar-refractivity contribution in [1.29, 1.82) is 0 Å². The maximum atomic E-state index is 12.2. The molecule has 116 valence electrons. The molecule has 0 fully saturated rings. The van der Waals surface area contributed by atoms with Crippen LogP contribution in [0, 0.1) is 22.0 Å². The average molecular weight is 324 g/mol. The zero-order chi connectivity index (χ0) is 16.3. The zero-order valence-corrected chi connectivity index (χ0v) is 12.1. The lowest BCUT2D eigenvalue weighted by Gasteiger charge is -2.29. The first-order valence-electron chi connectivity index (χ1n) is 6.49. The number of halogens is 1. The first kappa shape index (κ1) is 16.0. The lowest BCUT2D eigenvalue weighted by molar-refractivity contribution is -0.384. The van der Waals surface area contributed by atoms with Crippen LogP contribution in [0.5, 0.6) is 0 Å². The number of carbonyl (C=O) groups excluding carboxylic acids is 2. The number of amides is 1. The van der Waals surface area contributed by atoms with Gasteiger partial charge in [-0.15, -0.1) is 0 Å². The van der Waals surface area contributed by atoms with E-state index in [-0.39, 0.29) is 18.5 Å². The minimum absolute atomic E-state index is 0.103. The Labute approximate surface area is 130 Å². The number of carboxylic acid groups (broad SMARTS) is 1. The molecule has 2 rings (SSSR count). The fourth-order valence-corrected chi connectivity index (χ4v) is 2.55. The van der Waals surface area contributed by atoms with Gasteiger partial charge < -0.3 is 15.2 Å². The smallest absolute Gasteiger partial charge is 0.269 e. The Hall–Kier alpha value is -2.41. The molecule has 0 saturated heterocycles. The van der Waals surface area contributed by atoms with Crippen LogP contribution in [0.2, 0.25) is 0 Å². The number of aliphatic carboxylic acids is 1. The molecule has 0 aromatic heterocycles. The number of allylic oxidation sites excluding steroid dienone is 2. The Kier molecular flexibility index (Phi) is 4.77. The fraction of sp³-hybridized carbons (Fsp3) is 0.286.